The Labute approximate surface area is 113 Å². The molecule has 20 heavy (non-hydrogen) atoms. The van der Waals surface area contributed by atoms with Crippen molar-refractivity contribution in [1.82, 2.24) is 9.88 Å². The summed E-state index contributed by atoms with van der Waals surface area (Å²) in [5, 5.41) is 2.79. The monoisotopic (exact) mass is 286 g/mol. The van der Waals surface area contributed by atoms with Crippen molar-refractivity contribution in [1.29, 1.82) is 0 Å². The molecule has 0 saturated heterocycles. The Bertz CT molecular complexity index is 620. The molecule has 0 aliphatic carbocycles. The molecule has 0 unspecified atom stereocenters. The van der Waals surface area contributed by atoms with E-state index in [-0.39, 0.29) is 13.1 Å². The van der Waals surface area contributed by atoms with Crippen LogP contribution in [-0.2, 0) is 11.3 Å². The standard InChI is InChI=1S/C13H13F3N2O2/c1-20-10-3-2-9-4-6-18(11(9)8-10)7-5-17-12(19)13(14,15)16/h2-4,6,8H,5,7H2,1H3,(H,17,19). The van der Waals surface area contributed by atoms with Crippen LogP contribution in [0.5, 0.6) is 5.75 Å². The SMILES string of the molecule is COc1ccc2ccn(CCNC(=O)C(F)(F)F)c2c1. The fourth-order valence-electron chi connectivity index (χ4n) is 1.88. The van der Waals surface area contributed by atoms with Gasteiger partial charge in [-0.25, -0.2) is 0 Å². The fraction of sp³-hybridized carbons (Fsp3) is 0.308. The van der Waals surface area contributed by atoms with Crippen molar-refractivity contribution in [2.75, 3.05) is 13.7 Å². The lowest BCUT2D eigenvalue weighted by atomic mass is 10.2. The number of nitrogens with zero attached hydrogens (tertiary/aromatic N) is 1. The third-order valence-corrected chi connectivity index (χ3v) is 2.88. The van der Waals surface area contributed by atoms with Gasteiger partial charge in [-0.15, -0.1) is 0 Å². The Balaban J connectivity index is 2.05. The van der Waals surface area contributed by atoms with Crippen molar-refractivity contribution in [3.63, 3.8) is 0 Å². The summed E-state index contributed by atoms with van der Waals surface area (Å²) in [7, 11) is 1.54. The van der Waals surface area contributed by atoms with E-state index in [1.165, 1.54) is 7.11 Å². The van der Waals surface area contributed by atoms with E-state index in [1.54, 1.807) is 22.9 Å². The zero-order valence-corrected chi connectivity index (χ0v) is 10.7. The van der Waals surface area contributed by atoms with Crippen molar-refractivity contribution in [2.45, 2.75) is 12.7 Å². The third kappa shape index (κ3) is 3.04. The number of ether oxygens (including phenoxy) is 1. The first kappa shape index (κ1) is 14.2. The molecule has 7 heteroatoms. The van der Waals surface area contributed by atoms with Crippen LogP contribution < -0.4 is 10.1 Å². The summed E-state index contributed by atoms with van der Waals surface area (Å²) in [6.45, 7) is 0.151. The predicted octanol–water partition coefficient (Wildman–Crippen LogP) is 2.33. The lowest BCUT2D eigenvalue weighted by Crippen LogP contribution is -2.38. The van der Waals surface area contributed by atoms with Gasteiger partial charge in [0.25, 0.3) is 0 Å². The fourth-order valence-corrected chi connectivity index (χ4v) is 1.88. The van der Waals surface area contributed by atoms with E-state index in [4.69, 9.17) is 4.74 Å². The summed E-state index contributed by atoms with van der Waals surface area (Å²) in [6, 6.07) is 7.30. The van der Waals surface area contributed by atoms with Crippen molar-refractivity contribution >= 4 is 16.8 Å². The Morgan fingerprint density at radius 1 is 1.35 bits per heavy atom. The average molecular weight is 286 g/mol. The Kier molecular flexibility index (Phi) is 3.87. The van der Waals surface area contributed by atoms with Gasteiger partial charge >= 0.3 is 12.1 Å². The van der Waals surface area contributed by atoms with Gasteiger partial charge in [0.1, 0.15) is 5.75 Å². The summed E-state index contributed by atoms with van der Waals surface area (Å²) < 4.78 is 43.0. The maximum absolute atomic E-state index is 12.0. The highest BCUT2D eigenvalue weighted by atomic mass is 19.4. The maximum atomic E-state index is 12.0. The number of methoxy groups -OCH3 is 1. The first-order valence-electron chi connectivity index (χ1n) is 5.90. The molecule has 0 radical (unpaired) electrons. The minimum atomic E-state index is -4.85. The predicted molar refractivity (Wildman–Crippen MR) is 67.6 cm³/mol. The smallest absolute Gasteiger partial charge is 0.471 e. The van der Waals surface area contributed by atoms with Gasteiger partial charge in [-0.3, -0.25) is 4.79 Å². The highest BCUT2D eigenvalue weighted by Gasteiger charge is 2.38. The molecule has 0 fully saturated rings. The molecule has 1 aromatic carbocycles. The molecule has 0 spiro atoms. The van der Waals surface area contributed by atoms with Gasteiger partial charge in [-0.2, -0.15) is 13.2 Å². The van der Waals surface area contributed by atoms with Crippen molar-refractivity contribution < 1.29 is 22.7 Å². The van der Waals surface area contributed by atoms with Crippen LogP contribution in [0, 0.1) is 0 Å². The average Bonchev–Trinajstić information content (AvgIpc) is 2.80. The largest absolute Gasteiger partial charge is 0.497 e. The lowest BCUT2D eigenvalue weighted by Gasteiger charge is -2.09. The molecule has 1 heterocycles. The molecular formula is C13H13F3N2O2. The summed E-state index contributed by atoms with van der Waals surface area (Å²) in [5.74, 6) is -1.26. The van der Waals surface area contributed by atoms with Crippen LogP contribution in [0.4, 0.5) is 13.2 Å². The van der Waals surface area contributed by atoms with Gasteiger partial charge in [0.05, 0.1) is 12.6 Å². The number of halogens is 3. The number of fused-ring (bicyclic) bond motifs is 1. The molecule has 0 atom stereocenters. The number of amides is 1. The molecule has 108 valence electrons. The van der Waals surface area contributed by atoms with E-state index >= 15 is 0 Å². The van der Waals surface area contributed by atoms with Gasteiger partial charge < -0.3 is 14.6 Å². The summed E-state index contributed by atoms with van der Waals surface area (Å²) in [6.07, 6.45) is -3.09. The minimum Gasteiger partial charge on any atom is -0.497 e. The van der Waals surface area contributed by atoms with Gasteiger partial charge in [-0.05, 0) is 23.6 Å². The van der Waals surface area contributed by atoms with Crippen LogP contribution in [0.15, 0.2) is 30.5 Å². The molecule has 0 saturated carbocycles. The molecule has 2 rings (SSSR count). The van der Waals surface area contributed by atoms with Crippen molar-refractivity contribution in [3.05, 3.63) is 30.5 Å². The van der Waals surface area contributed by atoms with E-state index in [0.717, 1.165) is 10.9 Å². The Hall–Kier alpha value is -2.18. The van der Waals surface area contributed by atoms with Gasteiger partial charge in [0.15, 0.2) is 0 Å². The molecule has 4 nitrogen and oxygen atoms in total. The quantitative estimate of drug-likeness (QED) is 0.937. The normalized spacial score (nSPS) is 11.6. The zero-order chi connectivity index (χ0) is 14.8. The number of benzene rings is 1. The summed E-state index contributed by atoms with van der Waals surface area (Å²) >= 11 is 0. The van der Waals surface area contributed by atoms with E-state index < -0.39 is 12.1 Å². The Morgan fingerprint density at radius 3 is 2.75 bits per heavy atom. The number of nitrogens with one attached hydrogen (secondary N) is 1. The number of rotatable bonds is 4. The van der Waals surface area contributed by atoms with Gasteiger partial charge in [0, 0.05) is 25.4 Å². The topological polar surface area (TPSA) is 43.3 Å². The number of hydrogen-bond acceptors (Lipinski definition) is 2. The lowest BCUT2D eigenvalue weighted by molar-refractivity contribution is -0.173. The molecule has 0 bridgehead atoms. The van der Waals surface area contributed by atoms with Gasteiger partial charge in [-0.1, -0.05) is 0 Å². The van der Waals surface area contributed by atoms with Crippen LogP contribution in [-0.4, -0.2) is 30.3 Å². The number of aromatic nitrogens is 1. The molecule has 1 N–H and O–H groups in total. The van der Waals surface area contributed by atoms with Gasteiger partial charge in [0.2, 0.25) is 0 Å². The first-order valence-corrected chi connectivity index (χ1v) is 5.90. The molecular weight excluding hydrogens is 273 g/mol. The first-order chi connectivity index (χ1) is 9.41. The van der Waals surface area contributed by atoms with Crippen molar-refractivity contribution in [2.24, 2.45) is 0 Å². The molecule has 1 amide bonds. The van der Waals surface area contributed by atoms with Crippen molar-refractivity contribution in [3.8, 4) is 5.75 Å². The molecule has 1 aromatic heterocycles. The number of hydrogen-bond donors (Lipinski definition) is 1. The zero-order valence-electron chi connectivity index (χ0n) is 10.7. The third-order valence-electron chi connectivity index (χ3n) is 2.88. The van der Waals surface area contributed by atoms with E-state index in [9.17, 15) is 18.0 Å². The van der Waals surface area contributed by atoms with Crippen LogP contribution >= 0.6 is 0 Å². The second-order valence-electron chi connectivity index (χ2n) is 4.19. The van der Waals surface area contributed by atoms with E-state index in [1.807, 2.05) is 17.4 Å². The molecule has 2 aromatic rings. The van der Waals surface area contributed by atoms with Crippen LogP contribution in [0.2, 0.25) is 0 Å². The number of alkyl halides is 3. The second-order valence-corrected chi connectivity index (χ2v) is 4.19. The summed E-state index contributed by atoms with van der Waals surface area (Å²) in [5.41, 5.74) is 0.839. The maximum Gasteiger partial charge on any atom is 0.471 e. The van der Waals surface area contributed by atoms with Crippen LogP contribution in [0.3, 0.4) is 0 Å². The van der Waals surface area contributed by atoms with Crippen LogP contribution in [0.1, 0.15) is 0 Å². The van der Waals surface area contributed by atoms with E-state index in [2.05, 4.69) is 0 Å². The minimum absolute atomic E-state index is 0.0979. The molecule has 0 aliphatic heterocycles. The number of carbonyl (C=O) groups excluding carboxylic acids is 1. The summed E-state index contributed by atoms with van der Waals surface area (Å²) in [4.78, 5) is 10.7. The van der Waals surface area contributed by atoms with Crippen LogP contribution in [0.25, 0.3) is 10.9 Å². The highest BCUT2D eigenvalue weighted by Crippen LogP contribution is 2.21. The second kappa shape index (κ2) is 5.44. The van der Waals surface area contributed by atoms with E-state index in [0.29, 0.717) is 5.75 Å². The molecule has 0 aliphatic rings. The number of carbonyl (C=O) groups is 1. The Morgan fingerprint density at radius 2 is 2.10 bits per heavy atom. The highest BCUT2D eigenvalue weighted by molar-refractivity contribution is 5.82.